The molecule has 0 aliphatic rings. The molecule has 7 heteroatoms. The summed E-state index contributed by atoms with van der Waals surface area (Å²) in [6, 6.07) is 19.4. The molecule has 0 spiro atoms. The van der Waals surface area contributed by atoms with E-state index in [1.54, 1.807) is 12.3 Å². The Bertz CT molecular complexity index is 1150. The predicted molar refractivity (Wildman–Crippen MR) is 109 cm³/mol. The molecule has 0 bridgehead atoms. The first-order chi connectivity index (χ1) is 13.7. The Morgan fingerprint density at radius 2 is 1.86 bits per heavy atom. The molecule has 1 N–H and O–H groups in total. The number of amides is 1. The van der Waals surface area contributed by atoms with E-state index in [-0.39, 0.29) is 18.2 Å². The summed E-state index contributed by atoms with van der Waals surface area (Å²) in [6.45, 7) is 2.00. The van der Waals surface area contributed by atoms with Gasteiger partial charge in [-0.15, -0.1) is 11.3 Å². The molecule has 140 valence electrons. The number of nitrogens with zero attached hydrogens (tertiary/aromatic N) is 2. The van der Waals surface area contributed by atoms with Crippen molar-refractivity contribution in [2.24, 2.45) is 0 Å². The fourth-order valence-corrected chi connectivity index (χ4v) is 3.64. The van der Waals surface area contributed by atoms with E-state index in [0.717, 1.165) is 16.6 Å². The van der Waals surface area contributed by atoms with Gasteiger partial charge in [-0.25, -0.2) is 9.78 Å². The van der Waals surface area contributed by atoms with Crippen LogP contribution < -0.4 is 5.32 Å². The van der Waals surface area contributed by atoms with Crippen molar-refractivity contribution in [2.75, 3.05) is 11.9 Å². The number of carbonyl (C=O) groups excluding carboxylic acids is 2. The van der Waals surface area contributed by atoms with Crippen molar-refractivity contribution in [2.45, 2.75) is 6.92 Å². The SMILES string of the molecule is CCOC(=O)c1csc(NC(=O)c2cc3ccccc3n2-c2ccccc2)n1. The summed E-state index contributed by atoms with van der Waals surface area (Å²) in [6.07, 6.45) is 0. The van der Waals surface area contributed by atoms with Crippen LogP contribution >= 0.6 is 11.3 Å². The van der Waals surface area contributed by atoms with Gasteiger partial charge in [0.2, 0.25) is 0 Å². The van der Waals surface area contributed by atoms with Crippen LogP contribution in [0.25, 0.3) is 16.6 Å². The molecule has 0 atom stereocenters. The number of aromatic nitrogens is 2. The number of hydrogen-bond donors (Lipinski definition) is 1. The molecule has 0 saturated heterocycles. The van der Waals surface area contributed by atoms with E-state index >= 15 is 0 Å². The molecule has 6 nitrogen and oxygen atoms in total. The molecule has 0 aliphatic heterocycles. The monoisotopic (exact) mass is 391 g/mol. The van der Waals surface area contributed by atoms with Crippen LogP contribution in [0.3, 0.4) is 0 Å². The lowest BCUT2D eigenvalue weighted by Crippen LogP contribution is -2.16. The first-order valence-electron chi connectivity index (χ1n) is 8.77. The second-order valence-electron chi connectivity index (χ2n) is 5.97. The Balaban J connectivity index is 1.69. The van der Waals surface area contributed by atoms with Gasteiger partial charge in [-0.05, 0) is 31.2 Å². The van der Waals surface area contributed by atoms with Crippen LogP contribution in [0.2, 0.25) is 0 Å². The number of para-hydroxylation sites is 2. The fourth-order valence-electron chi connectivity index (χ4n) is 2.97. The maximum absolute atomic E-state index is 13.0. The minimum Gasteiger partial charge on any atom is -0.461 e. The zero-order valence-corrected chi connectivity index (χ0v) is 15.9. The van der Waals surface area contributed by atoms with Crippen molar-refractivity contribution in [3.05, 3.63) is 77.4 Å². The fraction of sp³-hybridized carbons (Fsp3) is 0.0952. The summed E-state index contributed by atoms with van der Waals surface area (Å²) in [7, 11) is 0. The van der Waals surface area contributed by atoms with Crippen LogP contribution in [0.5, 0.6) is 0 Å². The molecule has 4 rings (SSSR count). The highest BCUT2D eigenvalue weighted by molar-refractivity contribution is 7.14. The van der Waals surface area contributed by atoms with E-state index in [4.69, 9.17) is 4.74 Å². The lowest BCUT2D eigenvalue weighted by atomic mass is 10.2. The number of rotatable bonds is 5. The molecule has 2 aromatic heterocycles. The van der Waals surface area contributed by atoms with Crippen LogP contribution in [-0.2, 0) is 4.74 Å². The molecule has 0 aliphatic carbocycles. The number of hydrogen-bond acceptors (Lipinski definition) is 5. The van der Waals surface area contributed by atoms with E-state index in [1.165, 1.54) is 11.3 Å². The average Bonchev–Trinajstić information content (AvgIpc) is 3.33. The molecular weight excluding hydrogens is 374 g/mol. The maximum Gasteiger partial charge on any atom is 0.357 e. The lowest BCUT2D eigenvalue weighted by Gasteiger charge is -2.10. The summed E-state index contributed by atoms with van der Waals surface area (Å²) < 4.78 is 6.84. The van der Waals surface area contributed by atoms with Gasteiger partial charge in [0, 0.05) is 16.5 Å². The highest BCUT2D eigenvalue weighted by Crippen LogP contribution is 2.26. The van der Waals surface area contributed by atoms with Crippen LogP contribution in [0.15, 0.2) is 66.0 Å². The largest absolute Gasteiger partial charge is 0.461 e. The highest BCUT2D eigenvalue weighted by Gasteiger charge is 2.19. The number of esters is 1. The normalized spacial score (nSPS) is 10.8. The van der Waals surface area contributed by atoms with Crippen molar-refractivity contribution in [1.29, 1.82) is 0 Å². The number of fused-ring (bicyclic) bond motifs is 1. The van der Waals surface area contributed by atoms with Gasteiger partial charge >= 0.3 is 5.97 Å². The van der Waals surface area contributed by atoms with Gasteiger partial charge in [-0.2, -0.15) is 0 Å². The van der Waals surface area contributed by atoms with Crippen LogP contribution in [0, 0.1) is 0 Å². The minimum absolute atomic E-state index is 0.186. The molecule has 1 amide bonds. The van der Waals surface area contributed by atoms with E-state index in [0.29, 0.717) is 10.8 Å². The summed E-state index contributed by atoms with van der Waals surface area (Å²) in [4.78, 5) is 28.9. The maximum atomic E-state index is 13.0. The van der Waals surface area contributed by atoms with Gasteiger partial charge in [0.15, 0.2) is 10.8 Å². The van der Waals surface area contributed by atoms with E-state index in [1.807, 2.05) is 65.2 Å². The number of benzene rings is 2. The topological polar surface area (TPSA) is 73.2 Å². The number of anilines is 1. The summed E-state index contributed by atoms with van der Waals surface area (Å²) in [5, 5.41) is 5.66. The summed E-state index contributed by atoms with van der Waals surface area (Å²) in [5.41, 5.74) is 2.50. The number of thiazole rings is 1. The van der Waals surface area contributed by atoms with Crippen molar-refractivity contribution in [1.82, 2.24) is 9.55 Å². The smallest absolute Gasteiger partial charge is 0.357 e. The standard InChI is InChI=1S/C21H17N3O3S/c1-2-27-20(26)16-13-28-21(22-16)23-19(25)18-12-14-8-6-7-11-17(14)24(18)15-9-4-3-5-10-15/h3-13H,2H2,1H3,(H,22,23,25). The molecular formula is C21H17N3O3S. The van der Waals surface area contributed by atoms with Gasteiger partial charge in [0.25, 0.3) is 5.91 Å². The quantitative estimate of drug-likeness (QED) is 0.508. The zero-order chi connectivity index (χ0) is 19.5. The van der Waals surface area contributed by atoms with Gasteiger partial charge in [-0.1, -0.05) is 36.4 Å². The second-order valence-corrected chi connectivity index (χ2v) is 6.83. The van der Waals surface area contributed by atoms with Crippen molar-refractivity contribution in [3.63, 3.8) is 0 Å². The number of ether oxygens (including phenoxy) is 1. The molecule has 0 saturated carbocycles. The van der Waals surface area contributed by atoms with Gasteiger partial charge < -0.3 is 9.30 Å². The summed E-state index contributed by atoms with van der Waals surface area (Å²) >= 11 is 1.18. The number of carbonyl (C=O) groups is 2. The predicted octanol–water partition coefficient (Wildman–Crippen LogP) is 4.52. The average molecular weight is 391 g/mol. The third-order valence-corrected chi connectivity index (χ3v) is 4.92. The highest BCUT2D eigenvalue weighted by atomic mass is 32.1. The second kappa shape index (κ2) is 7.66. The zero-order valence-electron chi connectivity index (χ0n) is 15.1. The van der Waals surface area contributed by atoms with Crippen LogP contribution in [-0.4, -0.2) is 28.0 Å². The van der Waals surface area contributed by atoms with Crippen molar-refractivity contribution >= 4 is 39.2 Å². The molecule has 0 radical (unpaired) electrons. The van der Waals surface area contributed by atoms with Crippen LogP contribution in [0.4, 0.5) is 5.13 Å². The molecule has 4 aromatic rings. The third kappa shape index (κ3) is 3.39. The minimum atomic E-state index is -0.502. The van der Waals surface area contributed by atoms with Gasteiger partial charge in [0.05, 0.1) is 12.1 Å². The lowest BCUT2D eigenvalue weighted by molar-refractivity contribution is 0.0520. The Labute approximate surface area is 165 Å². The molecule has 0 fully saturated rings. The molecule has 2 heterocycles. The third-order valence-electron chi connectivity index (χ3n) is 4.17. The Hall–Kier alpha value is -3.45. The van der Waals surface area contributed by atoms with Crippen LogP contribution in [0.1, 0.15) is 27.9 Å². The molecule has 28 heavy (non-hydrogen) atoms. The van der Waals surface area contributed by atoms with Crippen molar-refractivity contribution < 1.29 is 14.3 Å². The Kier molecular flexibility index (Phi) is 4.90. The van der Waals surface area contributed by atoms with Gasteiger partial charge in [0.1, 0.15) is 5.69 Å². The molecule has 0 unspecified atom stereocenters. The van der Waals surface area contributed by atoms with Gasteiger partial charge in [-0.3, -0.25) is 10.1 Å². The van der Waals surface area contributed by atoms with E-state index in [9.17, 15) is 9.59 Å². The molecule has 2 aromatic carbocycles. The number of nitrogens with one attached hydrogen (secondary N) is 1. The van der Waals surface area contributed by atoms with E-state index in [2.05, 4.69) is 10.3 Å². The Morgan fingerprint density at radius 3 is 2.64 bits per heavy atom. The first-order valence-corrected chi connectivity index (χ1v) is 9.65. The van der Waals surface area contributed by atoms with E-state index < -0.39 is 5.97 Å². The summed E-state index contributed by atoms with van der Waals surface area (Å²) in [5.74, 6) is -0.803. The van der Waals surface area contributed by atoms with Crippen molar-refractivity contribution in [3.8, 4) is 5.69 Å². The first kappa shape index (κ1) is 17.9. The Morgan fingerprint density at radius 1 is 1.11 bits per heavy atom.